The number of rotatable bonds is 3. The van der Waals surface area contributed by atoms with Gasteiger partial charge in [-0.2, -0.15) is 0 Å². The van der Waals surface area contributed by atoms with E-state index in [-0.39, 0.29) is 0 Å². The van der Waals surface area contributed by atoms with Crippen LogP contribution in [0.15, 0.2) is 22.7 Å². The van der Waals surface area contributed by atoms with Crippen molar-refractivity contribution in [1.29, 1.82) is 0 Å². The summed E-state index contributed by atoms with van der Waals surface area (Å²) in [6.45, 7) is 5.83. The Morgan fingerprint density at radius 2 is 2.26 bits per heavy atom. The Morgan fingerprint density at radius 1 is 1.37 bits per heavy atom. The largest absolute Gasteiger partial charge is 0.315 e. The highest BCUT2D eigenvalue weighted by Gasteiger charge is 2.31. The van der Waals surface area contributed by atoms with E-state index in [0.29, 0.717) is 6.04 Å². The van der Waals surface area contributed by atoms with Gasteiger partial charge in [-0.15, -0.1) is 0 Å². The minimum absolute atomic E-state index is 0.637. The van der Waals surface area contributed by atoms with Crippen molar-refractivity contribution in [1.82, 2.24) is 10.2 Å². The van der Waals surface area contributed by atoms with E-state index >= 15 is 0 Å². The van der Waals surface area contributed by atoms with Gasteiger partial charge in [-0.3, -0.25) is 4.90 Å². The molecule has 1 heterocycles. The summed E-state index contributed by atoms with van der Waals surface area (Å²) in [5, 5.41) is 3.56. The maximum atomic E-state index is 3.59. The van der Waals surface area contributed by atoms with Gasteiger partial charge in [0.05, 0.1) is 0 Å². The van der Waals surface area contributed by atoms with Crippen LogP contribution in [0.3, 0.4) is 0 Å². The van der Waals surface area contributed by atoms with Crippen LogP contribution in [0.2, 0.25) is 0 Å². The molecule has 1 aliphatic carbocycles. The summed E-state index contributed by atoms with van der Waals surface area (Å²) in [6.07, 6.45) is 5.19. The lowest BCUT2D eigenvalue weighted by molar-refractivity contribution is 0.119. The quantitative estimate of drug-likeness (QED) is 0.916. The zero-order valence-electron chi connectivity index (χ0n) is 11.7. The fourth-order valence-electron chi connectivity index (χ4n) is 3.76. The normalized spacial score (nSPS) is 26.7. The van der Waals surface area contributed by atoms with Gasteiger partial charge in [0.15, 0.2) is 0 Å². The molecule has 0 amide bonds. The van der Waals surface area contributed by atoms with Crippen molar-refractivity contribution in [3.63, 3.8) is 0 Å². The molecule has 2 nitrogen and oxygen atoms in total. The Bertz CT molecular complexity index is 440. The van der Waals surface area contributed by atoms with E-state index in [1.807, 2.05) is 0 Å². The van der Waals surface area contributed by atoms with Gasteiger partial charge < -0.3 is 5.32 Å². The average molecular weight is 323 g/mol. The van der Waals surface area contributed by atoms with E-state index < -0.39 is 0 Å². The maximum Gasteiger partial charge on any atom is 0.0357 e. The molecule has 104 valence electrons. The predicted octanol–water partition coefficient (Wildman–Crippen LogP) is 3.51. The number of nitrogens with zero attached hydrogens (tertiary/aromatic N) is 1. The van der Waals surface area contributed by atoms with Crippen molar-refractivity contribution >= 4 is 15.9 Å². The Labute approximate surface area is 124 Å². The number of likely N-dealkylation sites (N-methyl/N-ethyl adjacent to an activating group) is 1. The third kappa shape index (κ3) is 2.74. The van der Waals surface area contributed by atoms with Gasteiger partial charge in [0, 0.05) is 23.1 Å². The Hall–Kier alpha value is -0.380. The minimum atomic E-state index is 0.637. The van der Waals surface area contributed by atoms with E-state index in [1.54, 1.807) is 11.1 Å². The van der Waals surface area contributed by atoms with Crippen molar-refractivity contribution in [2.45, 2.75) is 44.7 Å². The van der Waals surface area contributed by atoms with E-state index in [9.17, 15) is 0 Å². The SMILES string of the molecule is CCN(C1CCCNC1)C1CCc2cc(Br)ccc21. The number of piperidine rings is 1. The van der Waals surface area contributed by atoms with Crippen LogP contribution in [0.4, 0.5) is 0 Å². The number of aryl methyl sites for hydroxylation is 1. The zero-order chi connectivity index (χ0) is 13.2. The number of hydrogen-bond donors (Lipinski definition) is 1. The lowest BCUT2D eigenvalue weighted by Gasteiger charge is -2.38. The van der Waals surface area contributed by atoms with Gasteiger partial charge >= 0.3 is 0 Å². The van der Waals surface area contributed by atoms with E-state index in [0.717, 1.165) is 19.1 Å². The second-order valence-electron chi connectivity index (χ2n) is 5.73. The van der Waals surface area contributed by atoms with Crippen LogP contribution in [-0.4, -0.2) is 30.6 Å². The fourth-order valence-corrected chi connectivity index (χ4v) is 4.17. The number of benzene rings is 1. The molecule has 2 unspecified atom stereocenters. The standard InChI is InChI=1S/C16H23BrN2/c1-2-19(14-4-3-9-18-11-14)16-8-5-12-10-13(17)6-7-15(12)16/h6-7,10,14,16,18H,2-5,8-9,11H2,1H3. The van der Waals surface area contributed by atoms with Crippen molar-refractivity contribution in [3.8, 4) is 0 Å². The molecule has 0 radical (unpaired) electrons. The van der Waals surface area contributed by atoms with Gasteiger partial charge in [0.25, 0.3) is 0 Å². The van der Waals surface area contributed by atoms with Crippen LogP contribution in [0.5, 0.6) is 0 Å². The topological polar surface area (TPSA) is 15.3 Å². The molecule has 0 bridgehead atoms. The molecule has 1 aromatic rings. The highest BCUT2D eigenvalue weighted by molar-refractivity contribution is 9.10. The average Bonchev–Trinajstić information content (AvgIpc) is 2.84. The highest BCUT2D eigenvalue weighted by Crippen LogP contribution is 2.38. The first-order valence-electron chi connectivity index (χ1n) is 7.54. The van der Waals surface area contributed by atoms with Crippen LogP contribution in [0.25, 0.3) is 0 Å². The second kappa shape index (κ2) is 5.94. The summed E-state index contributed by atoms with van der Waals surface area (Å²) < 4.78 is 1.22. The minimum Gasteiger partial charge on any atom is -0.315 e. The zero-order valence-corrected chi connectivity index (χ0v) is 13.2. The molecule has 19 heavy (non-hydrogen) atoms. The van der Waals surface area contributed by atoms with Gasteiger partial charge in [-0.1, -0.05) is 28.9 Å². The van der Waals surface area contributed by atoms with Crippen LogP contribution < -0.4 is 5.32 Å². The molecule has 2 atom stereocenters. The summed E-state index contributed by atoms with van der Waals surface area (Å²) in [7, 11) is 0. The molecular weight excluding hydrogens is 300 g/mol. The summed E-state index contributed by atoms with van der Waals surface area (Å²) in [5.41, 5.74) is 3.11. The molecule has 0 spiro atoms. The number of fused-ring (bicyclic) bond motifs is 1. The van der Waals surface area contributed by atoms with Crippen molar-refractivity contribution in [2.24, 2.45) is 0 Å². The predicted molar refractivity (Wildman–Crippen MR) is 83.5 cm³/mol. The number of nitrogens with one attached hydrogen (secondary N) is 1. The van der Waals surface area contributed by atoms with Gasteiger partial charge in [-0.05, 0) is 62.0 Å². The van der Waals surface area contributed by atoms with Crippen LogP contribution >= 0.6 is 15.9 Å². The van der Waals surface area contributed by atoms with Crippen LogP contribution in [0.1, 0.15) is 43.4 Å². The van der Waals surface area contributed by atoms with E-state index in [2.05, 4.69) is 51.3 Å². The number of hydrogen-bond acceptors (Lipinski definition) is 2. The monoisotopic (exact) mass is 322 g/mol. The molecule has 1 N–H and O–H groups in total. The molecule has 0 aromatic heterocycles. The molecule has 1 aromatic carbocycles. The van der Waals surface area contributed by atoms with E-state index in [4.69, 9.17) is 0 Å². The first-order valence-corrected chi connectivity index (χ1v) is 8.33. The lowest BCUT2D eigenvalue weighted by Crippen LogP contribution is -2.47. The third-order valence-electron chi connectivity index (χ3n) is 4.66. The molecule has 2 aliphatic rings. The van der Waals surface area contributed by atoms with E-state index in [1.165, 1.54) is 36.7 Å². The number of halogens is 1. The first kappa shape index (κ1) is 13.6. The lowest BCUT2D eigenvalue weighted by atomic mass is 10.0. The smallest absolute Gasteiger partial charge is 0.0357 e. The Kier molecular flexibility index (Phi) is 4.25. The summed E-state index contributed by atoms with van der Waals surface area (Å²) in [5.74, 6) is 0. The van der Waals surface area contributed by atoms with Crippen molar-refractivity contribution < 1.29 is 0 Å². The maximum absolute atomic E-state index is 3.59. The molecule has 0 saturated carbocycles. The van der Waals surface area contributed by atoms with Crippen LogP contribution in [-0.2, 0) is 6.42 Å². The summed E-state index contributed by atoms with van der Waals surface area (Å²) >= 11 is 3.59. The Balaban J connectivity index is 1.82. The van der Waals surface area contributed by atoms with Gasteiger partial charge in [-0.25, -0.2) is 0 Å². The van der Waals surface area contributed by atoms with Crippen LogP contribution in [0, 0.1) is 0 Å². The second-order valence-corrected chi connectivity index (χ2v) is 6.64. The van der Waals surface area contributed by atoms with Crippen molar-refractivity contribution in [3.05, 3.63) is 33.8 Å². The molecule has 1 fully saturated rings. The first-order chi connectivity index (χ1) is 9.29. The van der Waals surface area contributed by atoms with Gasteiger partial charge in [0.2, 0.25) is 0 Å². The highest BCUT2D eigenvalue weighted by atomic mass is 79.9. The summed E-state index contributed by atoms with van der Waals surface area (Å²) in [6, 6.07) is 8.19. The molecule has 3 heteroatoms. The third-order valence-corrected chi connectivity index (χ3v) is 5.15. The molecule has 1 saturated heterocycles. The Morgan fingerprint density at radius 3 is 3.00 bits per heavy atom. The van der Waals surface area contributed by atoms with Gasteiger partial charge in [0.1, 0.15) is 0 Å². The van der Waals surface area contributed by atoms with Crippen molar-refractivity contribution in [2.75, 3.05) is 19.6 Å². The molecule has 3 rings (SSSR count). The fraction of sp³-hybridized carbons (Fsp3) is 0.625. The molecule has 1 aliphatic heterocycles. The summed E-state index contributed by atoms with van der Waals surface area (Å²) in [4.78, 5) is 2.73. The molecular formula is C16H23BrN2.